The van der Waals surface area contributed by atoms with E-state index in [9.17, 15) is 24.9 Å². The van der Waals surface area contributed by atoms with E-state index in [0.717, 1.165) is 28.3 Å². The number of ether oxygens (including phenoxy) is 6. The van der Waals surface area contributed by atoms with Gasteiger partial charge in [0.25, 0.3) is 0 Å². The van der Waals surface area contributed by atoms with E-state index >= 15 is 0 Å². The Labute approximate surface area is 336 Å². The van der Waals surface area contributed by atoms with Gasteiger partial charge in [0.2, 0.25) is 6.29 Å². The van der Waals surface area contributed by atoms with Gasteiger partial charge in [-0.3, -0.25) is 4.79 Å². The second-order valence-corrected chi connectivity index (χ2v) is 14.2. The summed E-state index contributed by atoms with van der Waals surface area (Å²) in [6.07, 6.45) is -1.02. The molecule has 0 spiro atoms. The molecule has 4 aromatic rings. The second-order valence-electron chi connectivity index (χ2n) is 14.2. The summed E-state index contributed by atoms with van der Waals surface area (Å²) in [5, 5.41) is 29.9. The first-order valence-corrected chi connectivity index (χ1v) is 18.7. The van der Waals surface area contributed by atoms with Crippen molar-refractivity contribution in [1.82, 2.24) is 0 Å². The van der Waals surface area contributed by atoms with Gasteiger partial charge in [-0.2, -0.15) is 0 Å². The number of aliphatic hydroxyl groups excluding tert-OH is 3. The number of carbonyl (C=O) groups is 2. The third-order valence-electron chi connectivity index (χ3n) is 8.95. The molecular weight excluding hydrogens is 728 g/mol. The summed E-state index contributed by atoms with van der Waals surface area (Å²) < 4.78 is 32.2. The van der Waals surface area contributed by atoms with Crippen molar-refractivity contribution in [2.24, 2.45) is 0 Å². The molecule has 0 fully saturated rings. The third-order valence-corrected chi connectivity index (χ3v) is 8.95. The van der Waals surface area contributed by atoms with Crippen LogP contribution in [0.3, 0.4) is 0 Å². The van der Waals surface area contributed by atoms with Gasteiger partial charge in [-0.05, 0) is 84.6 Å². The lowest BCUT2D eigenvalue weighted by atomic mass is 9.78. The molecule has 0 aliphatic heterocycles. The average molecular weight is 785 g/mol. The summed E-state index contributed by atoms with van der Waals surface area (Å²) in [5.74, 6) is 2.03. The number of aldehydes is 1. The van der Waals surface area contributed by atoms with Crippen molar-refractivity contribution in [3.8, 4) is 23.0 Å². The zero-order valence-electron chi connectivity index (χ0n) is 33.7. The van der Waals surface area contributed by atoms with E-state index < -0.39 is 24.5 Å². The predicted octanol–water partition coefficient (Wildman–Crippen LogP) is 7.08. The SMILES string of the molecule is C=C(C=O)OCC.C=CC(=O)OCC(O)COc1ccc(C(C)(C)c2ccc(OC(O)COc3ccc(C(C)(C)c4ccc(OCC(C)O)cc4)cc3)cc2)cc1. The van der Waals surface area contributed by atoms with Crippen molar-refractivity contribution < 1.29 is 53.3 Å². The van der Waals surface area contributed by atoms with Gasteiger partial charge in [0.1, 0.15) is 48.9 Å². The molecule has 0 aromatic heterocycles. The topological polar surface area (TPSA) is 150 Å². The highest BCUT2D eigenvalue weighted by molar-refractivity contribution is 5.81. The fourth-order valence-electron chi connectivity index (χ4n) is 5.46. The molecule has 0 amide bonds. The summed E-state index contributed by atoms with van der Waals surface area (Å²) >= 11 is 0. The van der Waals surface area contributed by atoms with E-state index in [1.54, 1.807) is 13.8 Å². The molecule has 3 atom stereocenters. The minimum absolute atomic E-state index is 0.0178. The molecule has 0 saturated carbocycles. The van der Waals surface area contributed by atoms with Crippen molar-refractivity contribution in [3.05, 3.63) is 144 Å². The maximum absolute atomic E-state index is 11.2. The highest BCUT2D eigenvalue weighted by atomic mass is 16.6. The van der Waals surface area contributed by atoms with Gasteiger partial charge in [0.15, 0.2) is 18.7 Å². The van der Waals surface area contributed by atoms with E-state index in [1.165, 1.54) is 0 Å². The molecule has 0 saturated heterocycles. The zero-order chi connectivity index (χ0) is 42.0. The standard InChI is InChI=1S/C41H48O9.C5H8O2/c1-7-38(44)49-26-33(43)25-47-35-18-10-30(11-19-35)41(5,6)32-14-22-37(23-15-32)50-39(45)27-48-36-20-12-31(13-21-36)40(3,4)29-8-16-34(17-9-29)46-24-28(2)42;1-3-7-5(2)4-6/h7-23,28,33,39,42-43,45H,1,24-27H2,2-6H3;4H,2-3H2,1H3. The zero-order valence-corrected chi connectivity index (χ0v) is 33.7. The molecule has 3 N–H and O–H groups in total. The molecule has 11 heteroatoms. The molecule has 11 nitrogen and oxygen atoms in total. The van der Waals surface area contributed by atoms with Crippen LogP contribution in [-0.2, 0) is 29.9 Å². The number of esters is 1. The van der Waals surface area contributed by atoms with Crippen LogP contribution in [0, 0.1) is 0 Å². The largest absolute Gasteiger partial charge is 0.491 e. The number of hydrogen-bond donors (Lipinski definition) is 3. The van der Waals surface area contributed by atoms with Crippen LogP contribution in [0.2, 0.25) is 0 Å². The van der Waals surface area contributed by atoms with Gasteiger partial charge in [-0.25, -0.2) is 4.79 Å². The van der Waals surface area contributed by atoms with Crippen LogP contribution in [0.1, 0.15) is 63.8 Å². The Kier molecular flexibility index (Phi) is 17.8. The Morgan fingerprint density at radius 1 is 0.632 bits per heavy atom. The normalized spacial score (nSPS) is 12.7. The lowest BCUT2D eigenvalue weighted by Crippen LogP contribution is -2.25. The highest BCUT2D eigenvalue weighted by Crippen LogP contribution is 2.35. The monoisotopic (exact) mass is 784 g/mol. The van der Waals surface area contributed by atoms with Crippen LogP contribution in [0.15, 0.2) is 122 Å². The van der Waals surface area contributed by atoms with E-state index in [0.29, 0.717) is 35.9 Å². The molecule has 0 heterocycles. The minimum Gasteiger partial charge on any atom is -0.491 e. The summed E-state index contributed by atoms with van der Waals surface area (Å²) in [7, 11) is 0. The van der Waals surface area contributed by atoms with Gasteiger partial charge in [-0.1, -0.05) is 89.4 Å². The second kappa shape index (κ2) is 22.2. The van der Waals surface area contributed by atoms with Crippen LogP contribution >= 0.6 is 0 Å². The molecule has 306 valence electrons. The lowest BCUT2D eigenvalue weighted by Gasteiger charge is -2.27. The maximum atomic E-state index is 11.2. The quantitative estimate of drug-likeness (QED) is 0.0262. The lowest BCUT2D eigenvalue weighted by molar-refractivity contribution is -0.141. The fourth-order valence-corrected chi connectivity index (χ4v) is 5.46. The fraction of sp³-hybridized carbons (Fsp3) is 0.348. The molecule has 0 radical (unpaired) electrons. The van der Waals surface area contributed by atoms with Crippen molar-refractivity contribution in [2.45, 2.75) is 70.9 Å². The molecule has 0 aliphatic rings. The third kappa shape index (κ3) is 14.8. The molecule has 57 heavy (non-hydrogen) atoms. The molecular formula is C46H56O11. The van der Waals surface area contributed by atoms with Crippen LogP contribution in [0.25, 0.3) is 0 Å². The van der Waals surface area contributed by atoms with E-state index in [2.05, 4.69) is 45.6 Å². The summed E-state index contributed by atoms with van der Waals surface area (Å²) in [6, 6.07) is 30.8. The smallest absolute Gasteiger partial charge is 0.330 e. The number of aliphatic hydroxyl groups is 3. The first-order valence-electron chi connectivity index (χ1n) is 18.7. The van der Waals surface area contributed by atoms with Crippen LogP contribution in [0.5, 0.6) is 23.0 Å². The van der Waals surface area contributed by atoms with Crippen molar-refractivity contribution in [3.63, 3.8) is 0 Å². The Hall–Kier alpha value is -5.62. The average Bonchev–Trinajstić information content (AvgIpc) is 3.21. The van der Waals surface area contributed by atoms with Crippen LogP contribution < -0.4 is 18.9 Å². The van der Waals surface area contributed by atoms with E-state index in [-0.39, 0.29) is 43.0 Å². The molecule has 4 rings (SSSR count). The molecule has 3 unspecified atom stereocenters. The van der Waals surface area contributed by atoms with Crippen molar-refractivity contribution in [1.29, 1.82) is 0 Å². The van der Waals surface area contributed by atoms with Gasteiger partial charge in [-0.15, -0.1) is 0 Å². The summed E-state index contributed by atoms with van der Waals surface area (Å²) in [5.41, 5.74) is 3.72. The Morgan fingerprint density at radius 2 is 1.02 bits per heavy atom. The van der Waals surface area contributed by atoms with Crippen LogP contribution in [-0.4, -0.2) is 79.1 Å². The summed E-state index contributed by atoms with van der Waals surface area (Å²) in [4.78, 5) is 20.8. The van der Waals surface area contributed by atoms with Gasteiger partial charge in [0, 0.05) is 16.9 Å². The molecule has 0 aliphatic carbocycles. The number of allylic oxidation sites excluding steroid dienone is 1. The Balaban J connectivity index is 0.00000113. The number of hydrogen-bond acceptors (Lipinski definition) is 11. The number of rotatable bonds is 21. The van der Waals surface area contributed by atoms with Gasteiger partial charge in [0.05, 0.1) is 12.7 Å². The van der Waals surface area contributed by atoms with Crippen molar-refractivity contribution >= 4 is 12.3 Å². The first kappa shape index (κ1) is 45.8. The highest BCUT2D eigenvalue weighted by Gasteiger charge is 2.25. The molecule has 0 bridgehead atoms. The van der Waals surface area contributed by atoms with Crippen LogP contribution in [0.4, 0.5) is 0 Å². The first-order chi connectivity index (χ1) is 27.1. The Bertz CT molecular complexity index is 1830. The van der Waals surface area contributed by atoms with E-state index in [4.69, 9.17) is 23.7 Å². The Morgan fingerprint density at radius 3 is 1.37 bits per heavy atom. The maximum Gasteiger partial charge on any atom is 0.330 e. The number of benzene rings is 4. The minimum atomic E-state index is -1.17. The van der Waals surface area contributed by atoms with Gasteiger partial charge < -0.3 is 43.7 Å². The number of carbonyl (C=O) groups excluding carboxylic acids is 2. The summed E-state index contributed by atoms with van der Waals surface area (Å²) in [6.45, 7) is 19.1. The van der Waals surface area contributed by atoms with Crippen molar-refractivity contribution in [2.75, 3.05) is 33.0 Å². The van der Waals surface area contributed by atoms with Gasteiger partial charge >= 0.3 is 5.97 Å². The van der Waals surface area contributed by atoms with E-state index in [1.807, 2.05) is 97.1 Å². The molecule has 4 aromatic carbocycles. The predicted molar refractivity (Wildman–Crippen MR) is 219 cm³/mol.